The number of rotatable bonds is 9. The van der Waals surface area contributed by atoms with Crippen LogP contribution in [0.2, 0.25) is 0 Å². The van der Waals surface area contributed by atoms with Gasteiger partial charge in [-0.25, -0.2) is 8.78 Å². The Hall–Kier alpha value is -3.00. The lowest BCUT2D eigenvalue weighted by molar-refractivity contribution is 0.179. The molecule has 1 saturated heterocycles. The quantitative estimate of drug-likeness (QED) is 0.500. The zero-order valence-corrected chi connectivity index (χ0v) is 16.6. The Morgan fingerprint density at radius 2 is 1.97 bits per heavy atom. The number of aliphatic imine (C=N–C) groups is 2. The van der Waals surface area contributed by atoms with Crippen molar-refractivity contribution < 1.29 is 13.9 Å². The Balaban J connectivity index is 2.15. The van der Waals surface area contributed by atoms with Gasteiger partial charge in [-0.15, -0.1) is 0 Å². The highest BCUT2D eigenvalue weighted by Crippen LogP contribution is 2.37. The zero-order chi connectivity index (χ0) is 21.4. The van der Waals surface area contributed by atoms with E-state index in [9.17, 15) is 13.9 Å². The zero-order valence-electron chi connectivity index (χ0n) is 16.6. The van der Waals surface area contributed by atoms with Crippen LogP contribution in [-0.2, 0) is 0 Å². The lowest BCUT2D eigenvalue weighted by Gasteiger charge is -2.47. The van der Waals surface area contributed by atoms with Crippen LogP contribution in [0.15, 0.2) is 56.4 Å². The van der Waals surface area contributed by atoms with Crippen molar-refractivity contribution in [1.82, 2.24) is 0 Å². The summed E-state index contributed by atoms with van der Waals surface area (Å²) in [4.78, 5) is 8.96. The fourth-order valence-electron chi connectivity index (χ4n) is 3.06. The van der Waals surface area contributed by atoms with Crippen LogP contribution in [0.3, 0.4) is 0 Å². The molecule has 2 rings (SSSR count). The van der Waals surface area contributed by atoms with Crippen molar-refractivity contribution in [3.8, 4) is 0 Å². The number of nitrogens with zero attached hydrogens (tertiary/aromatic N) is 5. The van der Waals surface area contributed by atoms with E-state index in [4.69, 9.17) is 0 Å². The van der Waals surface area contributed by atoms with E-state index in [1.807, 2.05) is 0 Å². The van der Waals surface area contributed by atoms with Crippen molar-refractivity contribution in [3.05, 3.63) is 53.4 Å². The molecule has 1 heterocycles. The summed E-state index contributed by atoms with van der Waals surface area (Å²) in [6.45, 7) is 12.0. The second-order valence-electron chi connectivity index (χ2n) is 7.50. The smallest absolute Gasteiger partial charge is 0.182 e. The maximum Gasteiger partial charge on any atom is 0.182 e. The molecule has 0 radical (unpaired) electrons. The van der Waals surface area contributed by atoms with E-state index >= 15 is 0 Å². The van der Waals surface area contributed by atoms with Crippen LogP contribution in [0.1, 0.15) is 31.9 Å². The van der Waals surface area contributed by atoms with E-state index in [0.29, 0.717) is 18.7 Å². The third-order valence-corrected chi connectivity index (χ3v) is 4.32. The minimum absolute atomic E-state index is 0.0526. The molecule has 0 saturated carbocycles. The molecular formula is C21H25F2N5O. The molecule has 1 unspecified atom stereocenters. The lowest BCUT2D eigenvalue weighted by Crippen LogP contribution is -2.53. The molecule has 1 fully saturated rings. The molecule has 0 aromatic heterocycles. The summed E-state index contributed by atoms with van der Waals surface area (Å²) < 4.78 is 28.4. The highest BCUT2D eigenvalue weighted by atomic mass is 19.2. The van der Waals surface area contributed by atoms with E-state index < -0.39 is 17.7 Å². The second kappa shape index (κ2) is 9.97. The first-order valence-electron chi connectivity index (χ1n) is 9.01. The summed E-state index contributed by atoms with van der Waals surface area (Å²) in [5.41, 5.74) is 1.01. The molecule has 6 nitrogen and oxygen atoms in total. The molecule has 0 aliphatic carbocycles. The van der Waals surface area contributed by atoms with Gasteiger partial charge in [0.05, 0.1) is 24.2 Å². The molecule has 0 spiro atoms. The average molecular weight is 401 g/mol. The van der Waals surface area contributed by atoms with Gasteiger partial charge in [0, 0.05) is 31.9 Å². The summed E-state index contributed by atoms with van der Waals surface area (Å²) in [6, 6.07) is 2.50. The molecule has 1 aromatic carbocycles. The summed E-state index contributed by atoms with van der Waals surface area (Å²) in [5.74, 6) is -1.90. The van der Waals surface area contributed by atoms with Gasteiger partial charge >= 0.3 is 0 Å². The molecule has 1 aliphatic rings. The number of anilines is 1. The minimum Gasteiger partial charge on any atom is -0.388 e. The molecular weight excluding hydrogens is 376 g/mol. The maximum atomic E-state index is 14.3. The summed E-state index contributed by atoms with van der Waals surface area (Å²) in [5, 5.41) is 18.2. The Morgan fingerprint density at radius 1 is 1.24 bits per heavy atom. The van der Waals surface area contributed by atoms with Gasteiger partial charge in [-0.05, 0) is 48.2 Å². The van der Waals surface area contributed by atoms with Crippen molar-refractivity contribution >= 4 is 31.6 Å². The van der Waals surface area contributed by atoms with Crippen LogP contribution in [0.25, 0.3) is 0 Å². The van der Waals surface area contributed by atoms with E-state index in [1.54, 1.807) is 11.0 Å². The van der Waals surface area contributed by atoms with Crippen molar-refractivity contribution in [2.24, 2.45) is 25.6 Å². The minimum atomic E-state index is -1.08. The van der Waals surface area contributed by atoms with Gasteiger partial charge in [-0.3, -0.25) is 9.98 Å². The van der Waals surface area contributed by atoms with Crippen LogP contribution >= 0.6 is 0 Å². The van der Waals surface area contributed by atoms with Gasteiger partial charge in [0.25, 0.3) is 0 Å². The Kier molecular flexibility index (Phi) is 7.67. The van der Waals surface area contributed by atoms with Crippen LogP contribution in [-0.4, -0.2) is 44.1 Å². The van der Waals surface area contributed by atoms with Gasteiger partial charge < -0.3 is 10.0 Å². The number of aliphatic hydroxyl groups is 1. The normalized spacial score (nSPS) is 17.8. The molecule has 1 N–H and O–H groups in total. The van der Waals surface area contributed by atoms with Gasteiger partial charge in [0.2, 0.25) is 0 Å². The fourth-order valence-corrected chi connectivity index (χ4v) is 3.06. The van der Waals surface area contributed by atoms with E-state index in [1.165, 1.54) is 30.9 Å². The summed E-state index contributed by atoms with van der Waals surface area (Å²) in [6.07, 6.45) is 6.24. The first kappa shape index (κ1) is 22.3. The second-order valence-corrected chi connectivity index (χ2v) is 7.50. The van der Waals surface area contributed by atoms with E-state index in [2.05, 4.69) is 47.5 Å². The summed E-state index contributed by atoms with van der Waals surface area (Å²) >= 11 is 0. The van der Waals surface area contributed by atoms with Crippen LogP contribution in [0.5, 0.6) is 0 Å². The van der Waals surface area contributed by atoms with Crippen LogP contribution in [0, 0.1) is 17.0 Å². The number of allylic oxidation sites excluding steroid dienone is 1. The molecule has 0 amide bonds. The number of hydrogen-bond acceptors (Lipinski definition) is 6. The fraction of sp³-hybridized carbons (Fsp3) is 0.333. The topological polar surface area (TPSA) is 72.9 Å². The summed E-state index contributed by atoms with van der Waals surface area (Å²) in [7, 11) is 0. The molecule has 1 aromatic rings. The van der Waals surface area contributed by atoms with Gasteiger partial charge in [-0.2, -0.15) is 10.2 Å². The lowest BCUT2D eigenvalue weighted by atomic mass is 9.84. The van der Waals surface area contributed by atoms with Crippen molar-refractivity contribution in [2.45, 2.75) is 26.4 Å². The Bertz CT molecular complexity index is 866. The number of halogens is 2. The molecule has 1 atom stereocenters. The van der Waals surface area contributed by atoms with Gasteiger partial charge in [0.1, 0.15) is 0 Å². The third-order valence-electron chi connectivity index (χ3n) is 4.32. The molecule has 154 valence electrons. The first-order valence-corrected chi connectivity index (χ1v) is 9.01. The highest BCUT2D eigenvalue weighted by molar-refractivity contribution is 5.80. The number of hydrogen-bond donors (Lipinski definition) is 1. The first-order chi connectivity index (χ1) is 13.8. The molecule has 29 heavy (non-hydrogen) atoms. The molecule has 8 heteroatoms. The van der Waals surface area contributed by atoms with Gasteiger partial charge in [0.15, 0.2) is 11.6 Å². The Morgan fingerprint density at radius 3 is 2.59 bits per heavy atom. The highest BCUT2D eigenvalue weighted by Gasteiger charge is 2.36. The van der Waals surface area contributed by atoms with E-state index in [0.717, 1.165) is 6.07 Å². The van der Waals surface area contributed by atoms with Gasteiger partial charge in [-0.1, -0.05) is 13.8 Å². The monoisotopic (exact) mass is 401 g/mol. The Labute approximate surface area is 169 Å². The molecule has 1 aliphatic heterocycles. The van der Waals surface area contributed by atoms with Crippen LogP contribution in [0.4, 0.5) is 14.5 Å². The van der Waals surface area contributed by atoms with Crippen molar-refractivity contribution in [3.63, 3.8) is 0 Å². The van der Waals surface area contributed by atoms with Crippen molar-refractivity contribution in [2.75, 3.05) is 18.0 Å². The number of aliphatic hydroxyl groups excluding tert-OH is 1. The largest absolute Gasteiger partial charge is 0.388 e. The standard InChI is InChI=1S/C21H25F2N5O/c1-21(2)13-28(14-21)18-10-16(9-17(22)20(18)23)19(29)8-15(11-25-4)12-27-26-7-5-6-24-3/h5-7,9-12,19,29H,3-4,8,13-14H2,1-2H3/b6-5-,15-11-,26-7-,27-12-. The predicted octanol–water partition coefficient (Wildman–Crippen LogP) is 4.09. The van der Waals surface area contributed by atoms with E-state index in [-0.39, 0.29) is 23.1 Å². The maximum absolute atomic E-state index is 14.3. The average Bonchev–Trinajstić information content (AvgIpc) is 2.64. The molecule has 0 bridgehead atoms. The predicted molar refractivity (Wildman–Crippen MR) is 115 cm³/mol. The van der Waals surface area contributed by atoms with Crippen molar-refractivity contribution in [1.29, 1.82) is 0 Å². The third kappa shape index (κ3) is 6.25. The van der Waals surface area contributed by atoms with Crippen LogP contribution < -0.4 is 4.90 Å². The SMILES string of the molecule is C=N\C=C/C=N\N=C/C(=C\N=C)CC(O)c1cc(F)c(F)c(N2CC(C)(C)C2)c1. The number of benzene rings is 1.